The van der Waals surface area contributed by atoms with Gasteiger partial charge in [0.25, 0.3) is 5.56 Å². The smallest absolute Gasteiger partial charge is 0.312 e. The third kappa shape index (κ3) is 4.05. The van der Waals surface area contributed by atoms with Gasteiger partial charge in [0.15, 0.2) is 0 Å². The third-order valence-corrected chi connectivity index (χ3v) is 5.18. The van der Waals surface area contributed by atoms with E-state index in [1.807, 2.05) is 6.92 Å². The highest BCUT2D eigenvalue weighted by Gasteiger charge is 2.33. The van der Waals surface area contributed by atoms with Crippen LogP contribution in [0.3, 0.4) is 0 Å². The number of hydrogen-bond donors (Lipinski definition) is 1. The maximum absolute atomic E-state index is 13.0. The Hall–Kier alpha value is -2.00. The van der Waals surface area contributed by atoms with Crippen molar-refractivity contribution in [2.45, 2.75) is 58.4 Å². The molecule has 0 amide bonds. The van der Waals surface area contributed by atoms with Crippen LogP contribution in [0.15, 0.2) is 17.1 Å². The number of halogens is 3. The summed E-state index contributed by atoms with van der Waals surface area (Å²) in [6, 6.07) is 1.07. The third-order valence-electron chi connectivity index (χ3n) is 5.18. The Kier molecular flexibility index (Phi) is 6.04. The molecule has 9 heteroatoms. The Morgan fingerprint density at radius 2 is 2.11 bits per heavy atom. The number of nitrogens with zero attached hydrogens (tertiary/aromatic N) is 4. The van der Waals surface area contributed by atoms with Crippen molar-refractivity contribution >= 4 is 10.9 Å². The molecule has 0 aliphatic carbocycles. The Morgan fingerprint density at radius 1 is 1.36 bits per heavy atom. The van der Waals surface area contributed by atoms with E-state index in [9.17, 15) is 18.0 Å². The number of fused-ring (bicyclic) bond motifs is 1. The molecule has 28 heavy (non-hydrogen) atoms. The van der Waals surface area contributed by atoms with Crippen molar-refractivity contribution in [3.8, 4) is 0 Å². The molecular formula is C19H26F3N5O. The molecule has 3 heterocycles. The van der Waals surface area contributed by atoms with E-state index in [-0.39, 0.29) is 16.9 Å². The molecule has 0 radical (unpaired) electrons. The normalized spacial score (nSPS) is 19.9. The fourth-order valence-corrected chi connectivity index (χ4v) is 3.85. The molecule has 2 aromatic rings. The fourth-order valence-electron chi connectivity index (χ4n) is 3.85. The molecule has 2 atom stereocenters. The predicted molar refractivity (Wildman–Crippen MR) is 101 cm³/mol. The van der Waals surface area contributed by atoms with Crippen LogP contribution in [0.5, 0.6) is 0 Å². The van der Waals surface area contributed by atoms with Gasteiger partial charge in [-0.25, -0.2) is 9.97 Å². The topological polar surface area (TPSA) is 63.1 Å². The lowest BCUT2D eigenvalue weighted by molar-refractivity contribution is -0.141. The zero-order valence-corrected chi connectivity index (χ0v) is 16.4. The number of hydrogen-bond acceptors (Lipinski definition) is 5. The molecule has 0 bridgehead atoms. The molecule has 1 fully saturated rings. The van der Waals surface area contributed by atoms with E-state index in [1.165, 1.54) is 4.57 Å². The van der Waals surface area contributed by atoms with Gasteiger partial charge in [-0.2, -0.15) is 13.2 Å². The van der Waals surface area contributed by atoms with E-state index >= 15 is 0 Å². The second kappa shape index (κ2) is 8.16. The molecule has 0 aromatic carbocycles. The van der Waals surface area contributed by atoms with Crippen LogP contribution >= 0.6 is 0 Å². The number of piperazine rings is 1. The van der Waals surface area contributed by atoms with E-state index < -0.39 is 17.4 Å². The second-order valence-electron chi connectivity index (χ2n) is 7.26. The van der Waals surface area contributed by atoms with Crippen molar-refractivity contribution in [2.24, 2.45) is 0 Å². The van der Waals surface area contributed by atoms with Crippen LogP contribution in [0.25, 0.3) is 10.9 Å². The maximum atomic E-state index is 13.0. The van der Waals surface area contributed by atoms with Crippen molar-refractivity contribution < 1.29 is 13.2 Å². The molecule has 1 aliphatic heterocycles. The van der Waals surface area contributed by atoms with Gasteiger partial charge in [-0.1, -0.05) is 13.3 Å². The maximum Gasteiger partial charge on any atom is 0.433 e. The molecule has 0 saturated carbocycles. The average molecular weight is 397 g/mol. The quantitative estimate of drug-likeness (QED) is 0.841. The summed E-state index contributed by atoms with van der Waals surface area (Å²) in [6.45, 7) is 8.85. The largest absolute Gasteiger partial charge is 0.433 e. The molecule has 1 N–H and O–H groups in total. The first-order chi connectivity index (χ1) is 13.3. The van der Waals surface area contributed by atoms with Crippen LogP contribution in [0.1, 0.15) is 51.2 Å². The Bertz CT molecular complexity index is 895. The Labute approximate surface area is 161 Å². The highest BCUT2D eigenvalue weighted by atomic mass is 19.4. The lowest BCUT2D eigenvalue weighted by atomic mass is 10.1. The van der Waals surface area contributed by atoms with Gasteiger partial charge in [0.2, 0.25) is 0 Å². The lowest BCUT2D eigenvalue weighted by Crippen LogP contribution is -2.51. The SMILES string of the molecule is CCC[C@@H](c1nc2cnc(C(F)(F)F)cc2c(=O)n1CC)N1CCN[C@@H](C)C1. The summed E-state index contributed by atoms with van der Waals surface area (Å²) in [5.74, 6) is 0.609. The average Bonchev–Trinajstić information content (AvgIpc) is 2.65. The van der Waals surface area contributed by atoms with Crippen molar-refractivity contribution in [1.82, 2.24) is 24.8 Å². The van der Waals surface area contributed by atoms with Gasteiger partial charge in [-0.3, -0.25) is 14.3 Å². The van der Waals surface area contributed by atoms with Crippen LogP contribution < -0.4 is 10.9 Å². The summed E-state index contributed by atoms with van der Waals surface area (Å²) >= 11 is 0. The number of pyridine rings is 1. The van der Waals surface area contributed by atoms with E-state index in [4.69, 9.17) is 0 Å². The Balaban J connectivity index is 2.14. The van der Waals surface area contributed by atoms with E-state index in [0.717, 1.165) is 44.7 Å². The van der Waals surface area contributed by atoms with E-state index in [2.05, 4.69) is 34.0 Å². The minimum absolute atomic E-state index is 0.0446. The number of alkyl halides is 3. The molecule has 1 saturated heterocycles. The molecule has 0 unspecified atom stereocenters. The molecule has 154 valence electrons. The van der Waals surface area contributed by atoms with Crippen LogP contribution in [0.4, 0.5) is 13.2 Å². The molecule has 6 nitrogen and oxygen atoms in total. The second-order valence-corrected chi connectivity index (χ2v) is 7.26. The number of aromatic nitrogens is 3. The van der Waals surface area contributed by atoms with Crippen LogP contribution in [0.2, 0.25) is 0 Å². The minimum Gasteiger partial charge on any atom is -0.312 e. The van der Waals surface area contributed by atoms with Crippen LogP contribution in [0, 0.1) is 0 Å². The first kappa shape index (κ1) is 20.7. The molecule has 1 aliphatic rings. The van der Waals surface area contributed by atoms with Crippen molar-refractivity contribution in [2.75, 3.05) is 19.6 Å². The summed E-state index contributed by atoms with van der Waals surface area (Å²) in [5.41, 5.74) is -1.31. The van der Waals surface area contributed by atoms with Crippen molar-refractivity contribution in [3.63, 3.8) is 0 Å². The van der Waals surface area contributed by atoms with Crippen LogP contribution in [-0.2, 0) is 12.7 Å². The molecule has 0 spiro atoms. The molecule has 2 aromatic heterocycles. The standard InChI is InChI=1S/C19H26F3N5O/c1-4-6-15(26-8-7-23-12(3)11-26)17-25-14-10-24-16(19(20,21)22)9-13(14)18(28)27(17)5-2/h9-10,12,15,23H,4-8,11H2,1-3H3/t12-,15-/m0/s1. The first-order valence-corrected chi connectivity index (χ1v) is 9.71. The molecular weight excluding hydrogens is 371 g/mol. The highest BCUT2D eigenvalue weighted by molar-refractivity contribution is 5.77. The monoisotopic (exact) mass is 397 g/mol. The lowest BCUT2D eigenvalue weighted by Gasteiger charge is -2.38. The zero-order chi connectivity index (χ0) is 20.5. The van der Waals surface area contributed by atoms with E-state index in [1.54, 1.807) is 0 Å². The van der Waals surface area contributed by atoms with Gasteiger partial charge in [-0.15, -0.1) is 0 Å². The van der Waals surface area contributed by atoms with Crippen molar-refractivity contribution in [3.05, 3.63) is 34.1 Å². The minimum atomic E-state index is -4.60. The zero-order valence-electron chi connectivity index (χ0n) is 16.4. The number of rotatable bonds is 5. The fraction of sp³-hybridized carbons (Fsp3) is 0.632. The summed E-state index contributed by atoms with van der Waals surface area (Å²) in [4.78, 5) is 23.4. The van der Waals surface area contributed by atoms with Gasteiger partial charge >= 0.3 is 6.18 Å². The molecule has 3 rings (SSSR count). The van der Waals surface area contributed by atoms with Gasteiger partial charge in [0.1, 0.15) is 11.5 Å². The predicted octanol–water partition coefficient (Wildman–Crippen LogP) is 2.97. The van der Waals surface area contributed by atoms with E-state index in [0.29, 0.717) is 18.4 Å². The summed E-state index contributed by atoms with van der Waals surface area (Å²) < 4.78 is 40.5. The van der Waals surface area contributed by atoms with Gasteiger partial charge in [-0.05, 0) is 26.3 Å². The van der Waals surface area contributed by atoms with Gasteiger partial charge in [0.05, 0.1) is 23.1 Å². The van der Waals surface area contributed by atoms with Crippen LogP contribution in [-0.4, -0.2) is 45.1 Å². The van der Waals surface area contributed by atoms with Gasteiger partial charge < -0.3 is 5.32 Å². The summed E-state index contributed by atoms with van der Waals surface area (Å²) in [5, 5.41) is 3.36. The van der Waals surface area contributed by atoms with Gasteiger partial charge in [0, 0.05) is 32.2 Å². The number of nitrogens with one attached hydrogen (secondary N) is 1. The Morgan fingerprint density at radius 3 is 2.71 bits per heavy atom. The first-order valence-electron chi connectivity index (χ1n) is 9.71. The summed E-state index contributed by atoms with van der Waals surface area (Å²) in [7, 11) is 0. The van der Waals surface area contributed by atoms with Crippen molar-refractivity contribution in [1.29, 1.82) is 0 Å². The summed E-state index contributed by atoms with van der Waals surface area (Å²) in [6.07, 6.45) is -1.81. The highest BCUT2D eigenvalue weighted by Crippen LogP contribution is 2.30.